The third-order valence-electron chi connectivity index (χ3n) is 1.93. The number of ether oxygens (including phenoxy) is 1. The second kappa shape index (κ2) is 8.51. The summed E-state index contributed by atoms with van der Waals surface area (Å²) >= 11 is 5.85. The van der Waals surface area contributed by atoms with Gasteiger partial charge in [-0.3, -0.25) is 0 Å². The zero-order valence-corrected chi connectivity index (χ0v) is 10.6. The molecule has 0 radical (unpaired) electrons. The van der Waals surface area contributed by atoms with E-state index in [0.29, 0.717) is 23.9 Å². The Morgan fingerprint density at radius 2 is 1.86 bits per heavy atom. The molecule has 1 unspecified atom stereocenters. The van der Waals surface area contributed by atoms with Crippen LogP contribution in [0.5, 0.6) is 0 Å². The van der Waals surface area contributed by atoms with Gasteiger partial charge >= 0.3 is 0 Å². The second-order valence-corrected chi connectivity index (χ2v) is 4.66. The molecule has 0 aromatic heterocycles. The molecular formula is C11H24ClNO. The van der Waals surface area contributed by atoms with Crippen LogP contribution in [0.2, 0.25) is 0 Å². The molecule has 0 aliphatic rings. The standard InChI is InChI=1S/C11H24ClNO/c1-9(2)7-11(8-12)13-5-6-14-10(3)4/h9-11,13H,5-8H2,1-4H3. The summed E-state index contributed by atoms with van der Waals surface area (Å²) in [4.78, 5) is 0. The van der Waals surface area contributed by atoms with E-state index in [1.54, 1.807) is 0 Å². The van der Waals surface area contributed by atoms with Gasteiger partial charge in [-0.05, 0) is 26.2 Å². The van der Waals surface area contributed by atoms with Crippen molar-refractivity contribution in [3.05, 3.63) is 0 Å². The Bertz CT molecular complexity index is 128. The summed E-state index contributed by atoms with van der Waals surface area (Å²) < 4.78 is 5.44. The van der Waals surface area contributed by atoms with Gasteiger partial charge in [0.1, 0.15) is 0 Å². The monoisotopic (exact) mass is 221 g/mol. The van der Waals surface area contributed by atoms with E-state index in [1.165, 1.54) is 0 Å². The lowest BCUT2D eigenvalue weighted by Gasteiger charge is -2.18. The Hall–Kier alpha value is 0.210. The highest BCUT2D eigenvalue weighted by molar-refractivity contribution is 6.18. The van der Waals surface area contributed by atoms with Gasteiger partial charge in [0.25, 0.3) is 0 Å². The van der Waals surface area contributed by atoms with Gasteiger partial charge in [0.05, 0.1) is 12.7 Å². The van der Waals surface area contributed by atoms with Crippen molar-refractivity contribution in [2.45, 2.75) is 46.3 Å². The van der Waals surface area contributed by atoms with E-state index in [0.717, 1.165) is 19.6 Å². The van der Waals surface area contributed by atoms with Gasteiger partial charge in [-0.1, -0.05) is 13.8 Å². The third kappa shape index (κ3) is 8.79. The van der Waals surface area contributed by atoms with Gasteiger partial charge in [-0.25, -0.2) is 0 Å². The molecule has 14 heavy (non-hydrogen) atoms. The molecule has 0 aliphatic carbocycles. The number of nitrogens with one attached hydrogen (secondary N) is 1. The largest absolute Gasteiger partial charge is 0.377 e. The smallest absolute Gasteiger partial charge is 0.0594 e. The van der Waals surface area contributed by atoms with Crippen molar-refractivity contribution >= 4 is 11.6 Å². The quantitative estimate of drug-likeness (QED) is 0.503. The summed E-state index contributed by atoms with van der Waals surface area (Å²) in [6, 6.07) is 0.424. The van der Waals surface area contributed by atoms with Crippen molar-refractivity contribution in [1.82, 2.24) is 5.32 Å². The number of halogens is 1. The van der Waals surface area contributed by atoms with Crippen molar-refractivity contribution in [1.29, 1.82) is 0 Å². The maximum Gasteiger partial charge on any atom is 0.0594 e. The van der Waals surface area contributed by atoms with Gasteiger partial charge in [0, 0.05) is 18.5 Å². The fourth-order valence-corrected chi connectivity index (χ4v) is 1.56. The van der Waals surface area contributed by atoms with Gasteiger partial charge in [0.15, 0.2) is 0 Å². The molecule has 0 heterocycles. The average Bonchev–Trinajstić information content (AvgIpc) is 2.09. The fraction of sp³-hybridized carbons (Fsp3) is 1.00. The number of rotatable bonds is 8. The molecule has 0 aromatic carbocycles. The average molecular weight is 222 g/mol. The molecule has 3 heteroatoms. The minimum absolute atomic E-state index is 0.316. The Labute approximate surface area is 93.4 Å². The fourth-order valence-electron chi connectivity index (χ4n) is 1.33. The number of hydrogen-bond acceptors (Lipinski definition) is 2. The molecule has 2 nitrogen and oxygen atoms in total. The van der Waals surface area contributed by atoms with E-state index in [1.807, 2.05) is 13.8 Å². The lowest BCUT2D eigenvalue weighted by atomic mass is 10.1. The number of hydrogen-bond donors (Lipinski definition) is 1. The van der Waals surface area contributed by atoms with Gasteiger partial charge < -0.3 is 10.1 Å². The van der Waals surface area contributed by atoms with Gasteiger partial charge in [-0.2, -0.15) is 0 Å². The molecule has 1 atom stereocenters. The van der Waals surface area contributed by atoms with Crippen LogP contribution in [-0.2, 0) is 4.74 Å². The van der Waals surface area contributed by atoms with E-state index in [-0.39, 0.29) is 0 Å². The summed E-state index contributed by atoms with van der Waals surface area (Å²) in [5.74, 6) is 1.37. The zero-order chi connectivity index (χ0) is 11.0. The minimum Gasteiger partial charge on any atom is -0.377 e. The van der Waals surface area contributed by atoms with E-state index < -0.39 is 0 Å². The first-order valence-electron chi connectivity index (χ1n) is 5.47. The molecule has 0 bridgehead atoms. The van der Waals surface area contributed by atoms with Crippen molar-refractivity contribution in [3.8, 4) is 0 Å². The SMILES string of the molecule is CC(C)CC(CCl)NCCOC(C)C. The molecule has 0 amide bonds. The van der Waals surface area contributed by atoms with E-state index in [2.05, 4.69) is 19.2 Å². The molecule has 0 saturated heterocycles. The lowest BCUT2D eigenvalue weighted by Crippen LogP contribution is -2.34. The van der Waals surface area contributed by atoms with Crippen LogP contribution in [0.3, 0.4) is 0 Å². The normalized spacial score (nSPS) is 13.9. The highest BCUT2D eigenvalue weighted by Crippen LogP contribution is 2.05. The summed E-state index contributed by atoms with van der Waals surface area (Å²) in [5, 5.41) is 3.40. The van der Waals surface area contributed by atoms with Crippen LogP contribution in [0.4, 0.5) is 0 Å². The molecule has 0 spiro atoms. The topological polar surface area (TPSA) is 21.3 Å². The summed E-state index contributed by atoms with van der Waals surface area (Å²) in [6.07, 6.45) is 1.45. The highest BCUT2D eigenvalue weighted by Gasteiger charge is 2.08. The van der Waals surface area contributed by atoms with Gasteiger partial charge in [-0.15, -0.1) is 11.6 Å². The summed E-state index contributed by atoms with van der Waals surface area (Å²) in [5.41, 5.74) is 0. The van der Waals surface area contributed by atoms with E-state index in [9.17, 15) is 0 Å². The van der Waals surface area contributed by atoms with Crippen LogP contribution in [0, 0.1) is 5.92 Å². The van der Waals surface area contributed by atoms with E-state index >= 15 is 0 Å². The van der Waals surface area contributed by atoms with Crippen molar-refractivity contribution in [2.75, 3.05) is 19.0 Å². The molecule has 1 N–H and O–H groups in total. The van der Waals surface area contributed by atoms with Crippen LogP contribution in [0.15, 0.2) is 0 Å². The Morgan fingerprint density at radius 1 is 1.21 bits per heavy atom. The first-order chi connectivity index (χ1) is 6.56. The van der Waals surface area contributed by atoms with Crippen molar-refractivity contribution < 1.29 is 4.74 Å². The van der Waals surface area contributed by atoms with Crippen LogP contribution >= 0.6 is 11.6 Å². The predicted octanol–water partition coefficient (Wildman–Crippen LogP) is 2.65. The maximum absolute atomic E-state index is 5.85. The summed E-state index contributed by atoms with van der Waals surface area (Å²) in [7, 11) is 0. The minimum atomic E-state index is 0.316. The highest BCUT2D eigenvalue weighted by atomic mass is 35.5. The van der Waals surface area contributed by atoms with Crippen molar-refractivity contribution in [3.63, 3.8) is 0 Å². The lowest BCUT2D eigenvalue weighted by molar-refractivity contribution is 0.0793. The van der Waals surface area contributed by atoms with E-state index in [4.69, 9.17) is 16.3 Å². The molecular weight excluding hydrogens is 198 g/mol. The first-order valence-corrected chi connectivity index (χ1v) is 6.00. The molecule has 0 rings (SSSR count). The molecule has 0 saturated carbocycles. The van der Waals surface area contributed by atoms with Gasteiger partial charge in [0.2, 0.25) is 0 Å². The summed E-state index contributed by atoms with van der Waals surface area (Å²) in [6.45, 7) is 10.2. The van der Waals surface area contributed by atoms with Crippen LogP contribution in [0.25, 0.3) is 0 Å². The zero-order valence-electron chi connectivity index (χ0n) is 9.85. The molecule has 86 valence electrons. The Balaban J connectivity index is 3.43. The third-order valence-corrected chi connectivity index (χ3v) is 2.30. The Kier molecular flexibility index (Phi) is 8.64. The van der Waals surface area contributed by atoms with Crippen LogP contribution in [0.1, 0.15) is 34.1 Å². The molecule has 0 aromatic rings. The Morgan fingerprint density at radius 3 is 2.29 bits per heavy atom. The second-order valence-electron chi connectivity index (χ2n) is 4.35. The van der Waals surface area contributed by atoms with Crippen LogP contribution in [-0.4, -0.2) is 31.2 Å². The predicted molar refractivity (Wildman–Crippen MR) is 63.1 cm³/mol. The van der Waals surface area contributed by atoms with Crippen LogP contribution < -0.4 is 5.32 Å². The number of alkyl halides is 1. The maximum atomic E-state index is 5.85. The van der Waals surface area contributed by atoms with Crippen molar-refractivity contribution in [2.24, 2.45) is 5.92 Å². The molecule has 0 fully saturated rings. The first kappa shape index (κ1) is 14.2. The molecule has 0 aliphatic heterocycles.